The zero-order valence-corrected chi connectivity index (χ0v) is 16.7. The van der Waals surface area contributed by atoms with Gasteiger partial charge in [-0.1, -0.05) is 12.8 Å². The summed E-state index contributed by atoms with van der Waals surface area (Å²) in [6.45, 7) is 2.11. The number of nitrogens with two attached hydrogens (primary N) is 1. The van der Waals surface area contributed by atoms with E-state index in [0.29, 0.717) is 12.8 Å². The Balaban J connectivity index is 2.19. The molecule has 1 aromatic carbocycles. The number of aliphatic hydroxyl groups excluding tert-OH is 1. The number of amides is 2. The number of rotatable bonds is 6. The number of sulfone groups is 1. The molecule has 0 bridgehead atoms. The quantitative estimate of drug-likeness (QED) is 0.479. The molecular weight excluding hydrogens is 387 g/mol. The molecule has 0 aliphatic heterocycles. The van der Waals surface area contributed by atoms with Crippen molar-refractivity contribution in [2.45, 2.75) is 49.2 Å². The summed E-state index contributed by atoms with van der Waals surface area (Å²) in [6, 6.07) is 4.08. The molecule has 0 spiro atoms. The van der Waals surface area contributed by atoms with E-state index in [1.807, 2.05) is 5.32 Å². The molecule has 1 fully saturated rings. The van der Waals surface area contributed by atoms with E-state index in [0.717, 1.165) is 57.0 Å². The number of nitrogens with one attached hydrogen (secondary N) is 1. The van der Waals surface area contributed by atoms with E-state index >= 15 is 0 Å². The van der Waals surface area contributed by atoms with Gasteiger partial charge in [0.25, 0.3) is 5.91 Å². The van der Waals surface area contributed by atoms with E-state index in [4.69, 9.17) is 5.73 Å². The molecule has 0 unspecified atom stereocenters. The summed E-state index contributed by atoms with van der Waals surface area (Å²) < 4.78 is 36.6. The van der Waals surface area contributed by atoms with Crippen LogP contribution in [0.4, 0.5) is 4.39 Å². The van der Waals surface area contributed by atoms with E-state index in [9.17, 15) is 27.5 Å². The number of benzene rings is 1. The molecule has 0 atom stereocenters. The summed E-state index contributed by atoms with van der Waals surface area (Å²) in [7, 11) is -4.18. The second-order valence-corrected chi connectivity index (χ2v) is 10.0. The molecule has 2 rings (SSSR count). The number of imide groups is 1. The molecule has 0 heterocycles. The van der Waals surface area contributed by atoms with E-state index < -0.39 is 37.6 Å². The molecule has 28 heavy (non-hydrogen) atoms. The number of aliphatic hydroxyl groups is 1. The van der Waals surface area contributed by atoms with Crippen molar-refractivity contribution in [2.24, 2.45) is 11.1 Å². The smallest absolute Gasteiger partial charge is 0.252 e. The van der Waals surface area contributed by atoms with Crippen LogP contribution in [0.5, 0.6) is 0 Å². The summed E-state index contributed by atoms with van der Waals surface area (Å²) in [4.78, 5) is 24.5. The average molecular weight is 412 g/mol. The molecule has 0 saturated heterocycles. The number of halogens is 1. The van der Waals surface area contributed by atoms with Gasteiger partial charge in [-0.15, -0.1) is 0 Å². The molecule has 9 heteroatoms. The summed E-state index contributed by atoms with van der Waals surface area (Å²) in [5.41, 5.74) is 5.46. The Bertz CT molecular complexity index is 885. The van der Waals surface area contributed by atoms with Crippen LogP contribution in [-0.2, 0) is 19.4 Å². The Kier molecular flexibility index (Phi) is 6.30. The molecule has 2 amide bonds. The fourth-order valence-corrected chi connectivity index (χ4v) is 4.59. The van der Waals surface area contributed by atoms with Gasteiger partial charge in [-0.25, -0.2) is 12.8 Å². The third kappa shape index (κ3) is 4.10. The topological polar surface area (TPSA) is 127 Å². The molecule has 1 saturated carbocycles. The van der Waals surface area contributed by atoms with Gasteiger partial charge in [0, 0.05) is 17.2 Å². The predicted octanol–water partition coefficient (Wildman–Crippen LogP) is 1.42. The first-order chi connectivity index (χ1) is 13.0. The first-order valence-electron chi connectivity index (χ1n) is 8.90. The summed E-state index contributed by atoms with van der Waals surface area (Å²) >= 11 is 0. The van der Waals surface area contributed by atoms with Crippen LogP contribution in [0, 0.1) is 11.2 Å². The van der Waals surface area contributed by atoms with Crippen molar-refractivity contribution in [2.75, 3.05) is 6.61 Å². The van der Waals surface area contributed by atoms with Crippen molar-refractivity contribution in [3.63, 3.8) is 0 Å². The van der Waals surface area contributed by atoms with Gasteiger partial charge in [-0.05, 0) is 51.0 Å². The average Bonchev–Trinajstić information content (AvgIpc) is 3.12. The lowest BCUT2D eigenvalue weighted by atomic mass is 9.83. The highest BCUT2D eigenvalue weighted by Crippen LogP contribution is 2.41. The monoisotopic (exact) mass is 412 g/mol. The Morgan fingerprint density at radius 1 is 1.25 bits per heavy atom. The standard InChI is InChI=1S/C19H25FN2O5S/c1-18(2,28(26,27)14-7-5-13(20)6-8-14)17(25)22-16(24)11-15(21)19(12-23)9-3-4-10-19/h5-8,11,23H,3-4,9-10,12,21H2,1-2H3,(H,22,24,25). The summed E-state index contributed by atoms with van der Waals surface area (Å²) in [6.07, 6.45) is 4.05. The molecule has 0 aromatic heterocycles. The molecule has 1 aliphatic carbocycles. The third-order valence-electron chi connectivity index (χ3n) is 5.34. The maximum atomic E-state index is 13.1. The normalized spacial score (nSPS) is 17.4. The van der Waals surface area contributed by atoms with Crippen molar-refractivity contribution in [1.29, 1.82) is 0 Å². The van der Waals surface area contributed by atoms with Crippen LogP contribution in [0.2, 0.25) is 0 Å². The van der Waals surface area contributed by atoms with E-state index in [-0.39, 0.29) is 17.2 Å². The van der Waals surface area contributed by atoms with Gasteiger partial charge in [0.1, 0.15) is 10.6 Å². The van der Waals surface area contributed by atoms with Gasteiger partial charge < -0.3 is 10.8 Å². The highest BCUT2D eigenvalue weighted by atomic mass is 32.2. The minimum atomic E-state index is -4.18. The number of hydrogen-bond acceptors (Lipinski definition) is 6. The molecule has 4 N–H and O–H groups in total. The highest BCUT2D eigenvalue weighted by molar-refractivity contribution is 7.93. The minimum absolute atomic E-state index is 0.164. The Morgan fingerprint density at radius 2 is 1.79 bits per heavy atom. The van der Waals surface area contributed by atoms with Crippen molar-refractivity contribution < 1.29 is 27.5 Å². The van der Waals surface area contributed by atoms with Crippen molar-refractivity contribution in [1.82, 2.24) is 5.32 Å². The van der Waals surface area contributed by atoms with E-state index in [1.165, 1.54) is 0 Å². The lowest BCUT2D eigenvalue weighted by Crippen LogP contribution is -2.49. The maximum Gasteiger partial charge on any atom is 0.252 e. The van der Waals surface area contributed by atoms with Gasteiger partial charge in [-0.3, -0.25) is 14.9 Å². The van der Waals surface area contributed by atoms with Gasteiger partial charge in [0.05, 0.1) is 11.5 Å². The van der Waals surface area contributed by atoms with Crippen molar-refractivity contribution >= 4 is 21.7 Å². The van der Waals surface area contributed by atoms with Crippen LogP contribution in [0.1, 0.15) is 39.5 Å². The minimum Gasteiger partial charge on any atom is -0.401 e. The molecule has 7 nitrogen and oxygen atoms in total. The first kappa shape index (κ1) is 22.0. The molecular formula is C19H25FN2O5S. The second-order valence-electron chi connectivity index (χ2n) is 7.53. The van der Waals surface area contributed by atoms with Crippen LogP contribution >= 0.6 is 0 Å². The van der Waals surface area contributed by atoms with Gasteiger partial charge in [0.15, 0.2) is 9.84 Å². The van der Waals surface area contributed by atoms with Gasteiger partial charge in [-0.2, -0.15) is 0 Å². The number of hydrogen-bond donors (Lipinski definition) is 3. The molecule has 154 valence electrons. The summed E-state index contributed by atoms with van der Waals surface area (Å²) in [5, 5.41) is 11.7. The fraction of sp³-hybridized carbons (Fsp3) is 0.474. The summed E-state index contributed by atoms with van der Waals surface area (Å²) in [5.74, 6) is -2.50. The zero-order chi connectivity index (χ0) is 21.2. The van der Waals surface area contributed by atoms with Crippen LogP contribution in [0.3, 0.4) is 0 Å². The zero-order valence-electron chi connectivity index (χ0n) is 15.9. The molecule has 0 radical (unpaired) electrons. The van der Waals surface area contributed by atoms with Crippen LogP contribution < -0.4 is 11.1 Å². The van der Waals surface area contributed by atoms with Crippen LogP contribution in [0.15, 0.2) is 40.9 Å². The SMILES string of the molecule is CC(C)(C(=O)NC(=O)C=C(N)C1(CO)CCCC1)S(=O)(=O)c1ccc(F)cc1. The van der Waals surface area contributed by atoms with E-state index in [1.54, 1.807) is 0 Å². The Hall–Kier alpha value is -2.26. The lowest BCUT2D eigenvalue weighted by molar-refractivity contribution is -0.129. The van der Waals surface area contributed by atoms with Crippen LogP contribution in [-0.4, -0.2) is 36.7 Å². The van der Waals surface area contributed by atoms with Crippen molar-refractivity contribution in [3.05, 3.63) is 41.9 Å². The lowest BCUT2D eigenvalue weighted by Gasteiger charge is -2.27. The third-order valence-corrected chi connectivity index (χ3v) is 7.76. The predicted molar refractivity (Wildman–Crippen MR) is 101 cm³/mol. The highest BCUT2D eigenvalue weighted by Gasteiger charge is 2.43. The Labute approximate surface area is 163 Å². The maximum absolute atomic E-state index is 13.1. The Morgan fingerprint density at radius 3 is 2.29 bits per heavy atom. The van der Waals surface area contributed by atoms with Gasteiger partial charge in [0.2, 0.25) is 5.91 Å². The largest absolute Gasteiger partial charge is 0.401 e. The van der Waals surface area contributed by atoms with Crippen molar-refractivity contribution in [3.8, 4) is 0 Å². The van der Waals surface area contributed by atoms with Gasteiger partial charge >= 0.3 is 0 Å². The second kappa shape index (κ2) is 8.00. The fourth-order valence-electron chi connectivity index (χ4n) is 3.21. The van der Waals surface area contributed by atoms with E-state index in [2.05, 4.69) is 0 Å². The molecule has 1 aliphatic rings. The number of carbonyl (C=O) groups excluding carboxylic acids is 2. The number of carbonyl (C=O) groups is 2. The first-order valence-corrected chi connectivity index (χ1v) is 10.4. The van der Waals surface area contributed by atoms with Crippen LogP contribution in [0.25, 0.3) is 0 Å². The molecule has 1 aromatic rings.